The fraction of sp³-hybridized carbons (Fsp3) is 0.263. The number of anilines is 1. The molecule has 0 aliphatic carbocycles. The molecule has 0 radical (unpaired) electrons. The van der Waals surface area contributed by atoms with Crippen molar-refractivity contribution in [1.82, 2.24) is 15.1 Å². The van der Waals surface area contributed by atoms with E-state index in [2.05, 4.69) is 15.7 Å². The van der Waals surface area contributed by atoms with E-state index in [4.69, 9.17) is 16.0 Å². The largest absolute Gasteiger partial charge is 0.467 e. The number of nitrogens with one attached hydrogen (secondary N) is 2. The second-order valence-electron chi connectivity index (χ2n) is 6.77. The van der Waals surface area contributed by atoms with Crippen LogP contribution in [-0.4, -0.2) is 21.9 Å². The number of furan rings is 1. The Morgan fingerprint density at radius 3 is 2.67 bits per heavy atom. The third-order valence-electron chi connectivity index (χ3n) is 4.76. The van der Waals surface area contributed by atoms with Crippen molar-refractivity contribution in [3.8, 4) is 0 Å². The summed E-state index contributed by atoms with van der Waals surface area (Å²) < 4.78 is 60.0. The van der Waals surface area contributed by atoms with Gasteiger partial charge in [-0.25, -0.2) is 9.07 Å². The summed E-state index contributed by atoms with van der Waals surface area (Å²) in [6, 6.07) is 5.77. The summed E-state index contributed by atoms with van der Waals surface area (Å²) in [5.41, 5.74) is 0.268. The molecule has 0 bridgehead atoms. The van der Waals surface area contributed by atoms with Gasteiger partial charge in [-0.15, -0.1) is 0 Å². The Bertz CT molecular complexity index is 1050. The average Bonchev–Trinajstić information content (AvgIpc) is 3.34. The summed E-state index contributed by atoms with van der Waals surface area (Å²) in [4.78, 5) is 12.5. The molecule has 0 fully saturated rings. The normalized spacial score (nSPS) is 18.6. The Morgan fingerprint density at radius 2 is 2.03 bits per heavy atom. The molecule has 0 saturated heterocycles. The van der Waals surface area contributed by atoms with Crippen molar-refractivity contribution in [3.63, 3.8) is 0 Å². The van der Waals surface area contributed by atoms with Crippen LogP contribution in [-0.2, 0) is 6.54 Å². The van der Waals surface area contributed by atoms with Crippen molar-refractivity contribution in [2.45, 2.75) is 31.2 Å². The number of carbonyl (C=O) groups excluding carboxylic acids is 1. The quantitative estimate of drug-likeness (QED) is 0.566. The summed E-state index contributed by atoms with van der Waals surface area (Å²) in [5.74, 6) is -0.970. The van der Waals surface area contributed by atoms with Crippen molar-refractivity contribution < 1.29 is 26.8 Å². The summed E-state index contributed by atoms with van der Waals surface area (Å²) in [5, 5.41) is 9.02. The fourth-order valence-electron chi connectivity index (χ4n) is 3.28. The molecule has 4 rings (SSSR count). The van der Waals surface area contributed by atoms with Crippen molar-refractivity contribution in [2.75, 3.05) is 5.32 Å². The van der Waals surface area contributed by atoms with Crippen molar-refractivity contribution in [2.24, 2.45) is 0 Å². The molecule has 11 heteroatoms. The molecule has 2 N–H and O–H groups in total. The maximum Gasteiger partial charge on any atom is 0.410 e. The van der Waals surface area contributed by atoms with Gasteiger partial charge in [0.05, 0.1) is 12.3 Å². The van der Waals surface area contributed by atoms with Gasteiger partial charge in [0.15, 0.2) is 11.7 Å². The standard InChI is InChI=1S/C19H15ClF4N4O2/c20-15-16(18(29)25-9-10-3-5-11(21)6-4-10)27-28-14(19(22,23)24)8-12(26-17(15)28)13-2-1-7-30-13/h1-7,12,14,26H,8-9H2,(H,25,29)/t12-,14-/m0/s1. The highest BCUT2D eigenvalue weighted by molar-refractivity contribution is 6.36. The molecule has 0 spiro atoms. The van der Waals surface area contributed by atoms with E-state index < -0.39 is 30.0 Å². The summed E-state index contributed by atoms with van der Waals surface area (Å²) >= 11 is 6.23. The zero-order valence-electron chi connectivity index (χ0n) is 15.2. The Hall–Kier alpha value is -3.01. The number of carbonyl (C=O) groups is 1. The Morgan fingerprint density at radius 1 is 1.30 bits per heavy atom. The summed E-state index contributed by atoms with van der Waals surface area (Å²) in [6.45, 7) is 0.0305. The second-order valence-corrected chi connectivity index (χ2v) is 7.15. The predicted octanol–water partition coefficient (Wildman–Crippen LogP) is 4.86. The Kier molecular flexibility index (Phi) is 5.19. The van der Waals surface area contributed by atoms with Crippen LogP contribution < -0.4 is 10.6 Å². The SMILES string of the molecule is O=C(NCc1ccc(F)cc1)c1nn2c(c1Cl)N[C@H](c1ccco1)C[C@H]2C(F)(F)F. The summed E-state index contributed by atoms with van der Waals surface area (Å²) in [6.07, 6.45) is -3.63. The number of hydrogen-bond acceptors (Lipinski definition) is 4. The lowest BCUT2D eigenvalue weighted by Crippen LogP contribution is -2.35. The zero-order chi connectivity index (χ0) is 21.5. The van der Waals surface area contributed by atoms with E-state index >= 15 is 0 Å². The highest BCUT2D eigenvalue weighted by Crippen LogP contribution is 2.46. The third-order valence-corrected chi connectivity index (χ3v) is 5.12. The smallest absolute Gasteiger partial charge is 0.410 e. The lowest BCUT2D eigenvalue weighted by molar-refractivity contribution is -0.174. The number of hydrogen-bond donors (Lipinski definition) is 2. The molecule has 158 valence electrons. The molecule has 1 aliphatic heterocycles. The molecule has 0 unspecified atom stereocenters. The Labute approximate surface area is 172 Å². The lowest BCUT2D eigenvalue weighted by atomic mass is 10.0. The first-order valence-electron chi connectivity index (χ1n) is 8.91. The van der Waals surface area contributed by atoms with E-state index in [9.17, 15) is 22.4 Å². The van der Waals surface area contributed by atoms with Gasteiger partial charge in [-0.1, -0.05) is 23.7 Å². The van der Waals surface area contributed by atoms with Crippen molar-refractivity contribution >= 4 is 23.3 Å². The van der Waals surface area contributed by atoms with Crippen LogP contribution in [0, 0.1) is 5.82 Å². The minimum Gasteiger partial charge on any atom is -0.467 e. The van der Waals surface area contributed by atoms with Crippen LogP contribution in [0.3, 0.4) is 0 Å². The molecule has 1 aliphatic rings. The lowest BCUT2D eigenvalue weighted by Gasteiger charge is -2.32. The van der Waals surface area contributed by atoms with Gasteiger partial charge in [0, 0.05) is 13.0 Å². The monoisotopic (exact) mass is 442 g/mol. The molecular weight excluding hydrogens is 428 g/mol. The average molecular weight is 443 g/mol. The molecule has 1 amide bonds. The number of alkyl halides is 3. The number of rotatable bonds is 4. The zero-order valence-corrected chi connectivity index (χ0v) is 16.0. The number of nitrogens with zero attached hydrogens (tertiary/aromatic N) is 2. The van der Waals surface area contributed by atoms with E-state index in [1.165, 1.54) is 30.5 Å². The third kappa shape index (κ3) is 3.87. The van der Waals surface area contributed by atoms with Crippen LogP contribution in [0.15, 0.2) is 47.1 Å². The number of benzene rings is 1. The topological polar surface area (TPSA) is 72.1 Å². The van der Waals surface area contributed by atoms with Gasteiger partial charge in [0.2, 0.25) is 0 Å². The van der Waals surface area contributed by atoms with E-state index in [0.29, 0.717) is 16.0 Å². The molecule has 30 heavy (non-hydrogen) atoms. The number of halogens is 5. The molecular formula is C19H15ClF4N4O2. The van der Waals surface area contributed by atoms with Gasteiger partial charge in [-0.2, -0.15) is 18.3 Å². The van der Waals surface area contributed by atoms with Gasteiger partial charge >= 0.3 is 6.18 Å². The van der Waals surface area contributed by atoms with E-state index in [1.54, 1.807) is 12.1 Å². The summed E-state index contributed by atoms with van der Waals surface area (Å²) in [7, 11) is 0. The van der Waals surface area contributed by atoms with Crippen LogP contribution in [0.1, 0.15) is 40.3 Å². The number of fused-ring (bicyclic) bond motifs is 1. The first-order valence-corrected chi connectivity index (χ1v) is 9.29. The van der Waals surface area contributed by atoms with Gasteiger partial charge in [-0.3, -0.25) is 4.79 Å². The van der Waals surface area contributed by atoms with E-state index in [1.807, 2.05) is 0 Å². The van der Waals surface area contributed by atoms with Crippen LogP contribution in [0.25, 0.3) is 0 Å². The van der Waals surface area contributed by atoms with Crippen LogP contribution in [0.5, 0.6) is 0 Å². The van der Waals surface area contributed by atoms with Crippen LogP contribution >= 0.6 is 11.6 Å². The minimum absolute atomic E-state index is 0.0305. The highest BCUT2D eigenvalue weighted by Gasteiger charge is 2.48. The second kappa shape index (κ2) is 7.67. The van der Waals surface area contributed by atoms with Crippen molar-refractivity contribution in [1.29, 1.82) is 0 Å². The van der Waals surface area contributed by atoms with Gasteiger partial charge in [-0.05, 0) is 29.8 Å². The van der Waals surface area contributed by atoms with Gasteiger partial charge < -0.3 is 15.1 Å². The molecule has 3 heterocycles. The fourth-order valence-corrected chi connectivity index (χ4v) is 3.54. The predicted molar refractivity (Wildman–Crippen MR) is 99.6 cm³/mol. The molecule has 0 saturated carbocycles. The minimum atomic E-state index is -4.61. The highest BCUT2D eigenvalue weighted by atomic mass is 35.5. The maximum atomic E-state index is 13.7. The molecule has 2 atom stereocenters. The number of aromatic nitrogens is 2. The maximum absolute atomic E-state index is 13.7. The molecule has 3 aromatic rings. The molecule has 6 nitrogen and oxygen atoms in total. The Balaban J connectivity index is 1.61. The van der Waals surface area contributed by atoms with Crippen LogP contribution in [0.4, 0.5) is 23.4 Å². The van der Waals surface area contributed by atoms with E-state index in [-0.39, 0.29) is 29.5 Å². The van der Waals surface area contributed by atoms with Gasteiger partial charge in [0.25, 0.3) is 5.91 Å². The van der Waals surface area contributed by atoms with Crippen molar-refractivity contribution in [3.05, 3.63) is 70.5 Å². The molecule has 1 aromatic carbocycles. The first-order chi connectivity index (χ1) is 14.2. The number of amides is 1. The van der Waals surface area contributed by atoms with Crippen LogP contribution in [0.2, 0.25) is 5.02 Å². The molecule has 2 aromatic heterocycles. The van der Waals surface area contributed by atoms with E-state index in [0.717, 1.165) is 0 Å². The first kappa shape index (κ1) is 20.3. The van der Waals surface area contributed by atoms with Gasteiger partial charge in [0.1, 0.15) is 22.4 Å².